The molecule has 2 aliphatic rings. The van der Waals surface area contributed by atoms with Crippen LogP contribution in [0.1, 0.15) is 37.8 Å². The van der Waals surface area contributed by atoms with Gasteiger partial charge in [-0.1, -0.05) is 12.8 Å². The first-order chi connectivity index (χ1) is 7.33. The SMILES string of the molecule is Cc1cn2c(n1)NC(C1CCCC1)CC2. The molecule has 1 saturated carbocycles. The number of rotatable bonds is 1. The van der Waals surface area contributed by atoms with Gasteiger partial charge in [0.1, 0.15) is 0 Å². The van der Waals surface area contributed by atoms with Crippen molar-refractivity contribution in [3.05, 3.63) is 11.9 Å². The smallest absolute Gasteiger partial charge is 0.203 e. The zero-order chi connectivity index (χ0) is 10.3. The highest BCUT2D eigenvalue weighted by atomic mass is 15.2. The summed E-state index contributed by atoms with van der Waals surface area (Å²) in [5.74, 6) is 1.99. The molecule has 3 rings (SSSR count). The van der Waals surface area contributed by atoms with Gasteiger partial charge in [0, 0.05) is 18.8 Å². The number of nitrogens with zero attached hydrogens (tertiary/aromatic N) is 2. The molecule has 1 aliphatic heterocycles. The Labute approximate surface area is 90.9 Å². The van der Waals surface area contributed by atoms with E-state index in [2.05, 4.69) is 28.0 Å². The lowest BCUT2D eigenvalue weighted by molar-refractivity contribution is 0.392. The monoisotopic (exact) mass is 205 g/mol. The number of anilines is 1. The molecule has 0 radical (unpaired) electrons. The van der Waals surface area contributed by atoms with E-state index >= 15 is 0 Å². The summed E-state index contributed by atoms with van der Waals surface area (Å²) in [6.45, 7) is 3.21. The third kappa shape index (κ3) is 1.64. The molecule has 1 aromatic heterocycles. The maximum absolute atomic E-state index is 4.52. The highest BCUT2D eigenvalue weighted by Gasteiger charge is 2.28. The second-order valence-electron chi connectivity index (χ2n) is 4.98. The van der Waals surface area contributed by atoms with Gasteiger partial charge < -0.3 is 9.88 Å². The van der Waals surface area contributed by atoms with Crippen molar-refractivity contribution in [1.82, 2.24) is 9.55 Å². The number of aromatic nitrogens is 2. The summed E-state index contributed by atoms with van der Waals surface area (Å²) < 4.78 is 2.25. The first kappa shape index (κ1) is 9.25. The molecule has 1 N–H and O–H groups in total. The van der Waals surface area contributed by atoms with Crippen molar-refractivity contribution in [1.29, 1.82) is 0 Å². The molecule has 2 heterocycles. The van der Waals surface area contributed by atoms with Crippen molar-refractivity contribution >= 4 is 5.95 Å². The van der Waals surface area contributed by atoms with Crippen LogP contribution >= 0.6 is 0 Å². The predicted molar refractivity (Wildman–Crippen MR) is 60.9 cm³/mol. The Hall–Kier alpha value is -0.990. The summed E-state index contributed by atoms with van der Waals surface area (Å²) in [6, 6.07) is 0.682. The van der Waals surface area contributed by atoms with Crippen LogP contribution in [0.3, 0.4) is 0 Å². The van der Waals surface area contributed by atoms with Gasteiger partial charge in [-0.25, -0.2) is 4.98 Å². The summed E-state index contributed by atoms with van der Waals surface area (Å²) in [5.41, 5.74) is 1.13. The van der Waals surface area contributed by atoms with E-state index in [4.69, 9.17) is 0 Å². The number of fused-ring (bicyclic) bond motifs is 1. The molecule has 0 spiro atoms. The number of nitrogens with one attached hydrogen (secondary N) is 1. The predicted octanol–water partition coefficient (Wildman–Crippen LogP) is 2.57. The van der Waals surface area contributed by atoms with Crippen LogP contribution in [-0.4, -0.2) is 15.6 Å². The van der Waals surface area contributed by atoms with Gasteiger partial charge in [-0.3, -0.25) is 0 Å². The molecule has 0 bridgehead atoms. The molecule has 15 heavy (non-hydrogen) atoms. The van der Waals surface area contributed by atoms with Gasteiger partial charge >= 0.3 is 0 Å². The van der Waals surface area contributed by atoms with E-state index in [1.54, 1.807) is 0 Å². The minimum Gasteiger partial charge on any atom is -0.353 e. The van der Waals surface area contributed by atoms with Crippen LogP contribution < -0.4 is 5.32 Å². The molecule has 1 aromatic rings. The molecular weight excluding hydrogens is 186 g/mol. The molecular formula is C12H19N3. The number of aryl methyl sites for hydroxylation is 2. The normalized spacial score (nSPS) is 26.3. The summed E-state index contributed by atoms with van der Waals surface area (Å²) in [6.07, 6.45) is 9.10. The van der Waals surface area contributed by atoms with E-state index in [9.17, 15) is 0 Å². The fraction of sp³-hybridized carbons (Fsp3) is 0.750. The third-order valence-corrected chi connectivity index (χ3v) is 3.86. The summed E-state index contributed by atoms with van der Waals surface area (Å²) in [4.78, 5) is 4.52. The van der Waals surface area contributed by atoms with Gasteiger partial charge in [-0.05, 0) is 32.1 Å². The van der Waals surface area contributed by atoms with Gasteiger partial charge in [0.15, 0.2) is 0 Å². The fourth-order valence-electron chi connectivity index (χ4n) is 3.06. The average molecular weight is 205 g/mol. The van der Waals surface area contributed by atoms with Crippen molar-refractivity contribution < 1.29 is 0 Å². The average Bonchev–Trinajstić information content (AvgIpc) is 2.82. The van der Waals surface area contributed by atoms with Crippen molar-refractivity contribution in [3.8, 4) is 0 Å². The van der Waals surface area contributed by atoms with Crippen LogP contribution in [-0.2, 0) is 6.54 Å². The number of imidazole rings is 1. The third-order valence-electron chi connectivity index (χ3n) is 3.86. The first-order valence-electron chi connectivity index (χ1n) is 6.13. The van der Waals surface area contributed by atoms with Gasteiger partial charge in [0.2, 0.25) is 5.95 Å². The highest BCUT2D eigenvalue weighted by molar-refractivity contribution is 5.32. The molecule has 3 heteroatoms. The molecule has 0 saturated heterocycles. The molecule has 3 nitrogen and oxygen atoms in total. The lowest BCUT2D eigenvalue weighted by Crippen LogP contribution is -2.34. The van der Waals surface area contributed by atoms with Crippen LogP contribution in [0, 0.1) is 12.8 Å². The van der Waals surface area contributed by atoms with Crippen LogP contribution in [0.25, 0.3) is 0 Å². The number of hydrogen-bond donors (Lipinski definition) is 1. The Balaban J connectivity index is 1.76. The van der Waals surface area contributed by atoms with Crippen LogP contribution in [0.5, 0.6) is 0 Å². The van der Waals surface area contributed by atoms with Gasteiger partial charge in [0.05, 0.1) is 5.69 Å². The summed E-state index contributed by atoms with van der Waals surface area (Å²) in [7, 11) is 0. The molecule has 1 unspecified atom stereocenters. The maximum Gasteiger partial charge on any atom is 0.203 e. The van der Waals surface area contributed by atoms with Crippen LogP contribution in [0.2, 0.25) is 0 Å². The number of hydrogen-bond acceptors (Lipinski definition) is 2. The summed E-state index contributed by atoms with van der Waals surface area (Å²) >= 11 is 0. The van der Waals surface area contributed by atoms with Crippen molar-refractivity contribution in [2.24, 2.45) is 5.92 Å². The van der Waals surface area contributed by atoms with Crippen molar-refractivity contribution in [2.75, 3.05) is 5.32 Å². The quantitative estimate of drug-likeness (QED) is 0.763. The van der Waals surface area contributed by atoms with E-state index in [1.165, 1.54) is 32.1 Å². The molecule has 1 atom stereocenters. The Bertz CT molecular complexity index is 350. The molecule has 0 amide bonds. The summed E-state index contributed by atoms with van der Waals surface area (Å²) in [5, 5.41) is 3.61. The Morgan fingerprint density at radius 3 is 2.93 bits per heavy atom. The molecule has 0 aromatic carbocycles. The standard InChI is InChI=1S/C12H19N3/c1-9-8-15-7-6-11(14-12(15)13-9)10-4-2-3-5-10/h8,10-11H,2-7H2,1H3,(H,13,14). The lowest BCUT2D eigenvalue weighted by atomic mass is 9.94. The minimum atomic E-state index is 0.682. The molecule has 82 valence electrons. The highest BCUT2D eigenvalue weighted by Crippen LogP contribution is 2.32. The minimum absolute atomic E-state index is 0.682. The van der Waals surface area contributed by atoms with Crippen molar-refractivity contribution in [3.63, 3.8) is 0 Å². The van der Waals surface area contributed by atoms with E-state index in [-0.39, 0.29) is 0 Å². The zero-order valence-corrected chi connectivity index (χ0v) is 9.37. The van der Waals surface area contributed by atoms with E-state index in [0.717, 1.165) is 24.1 Å². The van der Waals surface area contributed by atoms with Gasteiger partial charge in [-0.15, -0.1) is 0 Å². The van der Waals surface area contributed by atoms with Crippen molar-refractivity contribution in [2.45, 2.75) is 51.6 Å². The molecule has 1 aliphatic carbocycles. The molecule has 1 fully saturated rings. The topological polar surface area (TPSA) is 29.9 Å². The second kappa shape index (κ2) is 3.54. The fourth-order valence-corrected chi connectivity index (χ4v) is 3.06. The Morgan fingerprint density at radius 2 is 2.13 bits per heavy atom. The first-order valence-corrected chi connectivity index (χ1v) is 6.13. The van der Waals surface area contributed by atoms with Gasteiger partial charge in [-0.2, -0.15) is 0 Å². The van der Waals surface area contributed by atoms with Crippen LogP contribution in [0.15, 0.2) is 6.20 Å². The van der Waals surface area contributed by atoms with Crippen LogP contribution in [0.4, 0.5) is 5.95 Å². The zero-order valence-electron chi connectivity index (χ0n) is 9.37. The van der Waals surface area contributed by atoms with E-state index in [1.807, 2.05) is 0 Å². The van der Waals surface area contributed by atoms with E-state index in [0.29, 0.717) is 6.04 Å². The Kier molecular flexibility index (Phi) is 2.19. The second-order valence-corrected chi connectivity index (χ2v) is 4.98. The maximum atomic E-state index is 4.52. The van der Waals surface area contributed by atoms with Gasteiger partial charge in [0.25, 0.3) is 0 Å². The Morgan fingerprint density at radius 1 is 1.33 bits per heavy atom. The lowest BCUT2D eigenvalue weighted by Gasteiger charge is -2.29. The van der Waals surface area contributed by atoms with E-state index < -0.39 is 0 Å². The largest absolute Gasteiger partial charge is 0.353 e.